The van der Waals surface area contributed by atoms with E-state index in [0.717, 1.165) is 6.07 Å². The number of amides is 2. The highest BCUT2D eigenvalue weighted by Crippen LogP contribution is 2.22. The summed E-state index contributed by atoms with van der Waals surface area (Å²) in [7, 11) is 1.61. The number of hydrogen-bond acceptors (Lipinski definition) is 4. The van der Waals surface area contributed by atoms with Crippen molar-refractivity contribution in [3.05, 3.63) is 47.3 Å². The number of likely N-dealkylation sites (tertiary alicyclic amines) is 1. The highest BCUT2D eigenvalue weighted by molar-refractivity contribution is 5.91. The number of ether oxygens (including phenoxy) is 1. The number of nitrogens with one attached hydrogen (secondary N) is 1. The van der Waals surface area contributed by atoms with E-state index in [1.165, 1.54) is 16.8 Å². The highest BCUT2D eigenvalue weighted by Gasteiger charge is 2.31. The summed E-state index contributed by atoms with van der Waals surface area (Å²) in [6.45, 7) is 2.95. The summed E-state index contributed by atoms with van der Waals surface area (Å²) < 4.78 is 32.6. The van der Waals surface area contributed by atoms with Crippen molar-refractivity contribution >= 4 is 17.9 Å². The quantitative estimate of drug-likeness (QED) is 0.812. The number of hydrogen-bond donors (Lipinski definition) is 1. The zero-order valence-corrected chi connectivity index (χ0v) is 15.0. The molecular weight excluding hydrogens is 358 g/mol. The highest BCUT2D eigenvalue weighted by atomic mass is 19.2. The van der Waals surface area contributed by atoms with Gasteiger partial charge in [0.1, 0.15) is 5.69 Å². The van der Waals surface area contributed by atoms with Gasteiger partial charge in [-0.3, -0.25) is 5.32 Å². The van der Waals surface area contributed by atoms with E-state index < -0.39 is 17.6 Å². The van der Waals surface area contributed by atoms with Crippen LogP contribution in [0.2, 0.25) is 0 Å². The normalized spacial score (nSPS) is 14.0. The molecule has 27 heavy (non-hydrogen) atoms. The second-order valence-electron chi connectivity index (χ2n) is 6.40. The average Bonchev–Trinajstić information content (AvgIpc) is 2.94. The lowest BCUT2D eigenvalue weighted by atomic mass is 9.92. The first-order chi connectivity index (χ1) is 12.9. The lowest BCUT2D eigenvalue weighted by Crippen LogP contribution is -2.52. The topological polar surface area (TPSA) is 76.5 Å². The van der Waals surface area contributed by atoms with Gasteiger partial charge in [0.15, 0.2) is 11.6 Å². The molecule has 1 aromatic carbocycles. The third kappa shape index (κ3) is 4.07. The second kappa shape index (κ2) is 7.73. The van der Waals surface area contributed by atoms with Crippen LogP contribution in [0.5, 0.6) is 0 Å². The molecule has 0 atom stereocenters. The summed E-state index contributed by atoms with van der Waals surface area (Å²) in [5, 5.41) is 2.65. The Labute approximate surface area is 154 Å². The number of anilines is 1. The van der Waals surface area contributed by atoms with Crippen molar-refractivity contribution in [1.82, 2.24) is 14.5 Å². The maximum absolute atomic E-state index is 13.3. The van der Waals surface area contributed by atoms with Crippen molar-refractivity contribution in [3.8, 4) is 0 Å². The fourth-order valence-corrected chi connectivity index (χ4v) is 2.96. The van der Waals surface area contributed by atoms with Gasteiger partial charge in [0.25, 0.3) is 0 Å². The van der Waals surface area contributed by atoms with Gasteiger partial charge in [-0.2, -0.15) is 0 Å². The summed E-state index contributed by atoms with van der Waals surface area (Å²) in [4.78, 5) is 29.7. The van der Waals surface area contributed by atoms with Gasteiger partial charge in [0, 0.05) is 20.1 Å². The minimum absolute atomic E-state index is 0.178. The largest absolute Gasteiger partial charge is 0.461 e. The third-order valence-corrected chi connectivity index (χ3v) is 4.44. The molecule has 1 aliphatic heterocycles. The Bertz CT molecular complexity index is 862. The van der Waals surface area contributed by atoms with E-state index in [4.69, 9.17) is 4.74 Å². The van der Waals surface area contributed by atoms with Crippen molar-refractivity contribution in [3.63, 3.8) is 0 Å². The molecule has 0 unspecified atom stereocenters. The van der Waals surface area contributed by atoms with Crippen LogP contribution in [0, 0.1) is 17.6 Å². The minimum Gasteiger partial charge on any atom is -0.461 e. The number of imidazole rings is 1. The fraction of sp³-hybridized carbons (Fsp3) is 0.389. The Balaban J connectivity index is 1.52. The zero-order valence-electron chi connectivity index (χ0n) is 15.0. The molecule has 0 saturated carbocycles. The summed E-state index contributed by atoms with van der Waals surface area (Å²) in [5.41, 5.74) is 0.939. The molecule has 144 valence electrons. The van der Waals surface area contributed by atoms with Crippen LogP contribution in [0.4, 0.5) is 19.5 Å². The standard InChI is InChI=1S/C18H20F2N4O3/c1-3-27-16(25)15-8-21-17(23(15)2)22-18(26)24-9-12(10-24)6-11-4-5-13(19)14(20)7-11/h4-5,7-8,12H,3,6,9-10H2,1-2H3,(H,21,22,26). The van der Waals surface area contributed by atoms with E-state index in [-0.39, 0.29) is 30.2 Å². The molecule has 0 aliphatic carbocycles. The van der Waals surface area contributed by atoms with Crippen LogP contribution < -0.4 is 5.32 Å². The zero-order chi connectivity index (χ0) is 19.6. The lowest BCUT2D eigenvalue weighted by molar-refractivity contribution is 0.0515. The Morgan fingerprint density at radius 1 is 1.30 bits per heavy atom. The first-order valence-corrected chi connectivity index (χ1v) is 8.57. The number of aromatic nitrogens is 2. The van der Waals surface area contributed by atoms with E-state index in [1.54, 1.807) is 24.9 Å². The predicted octanol–water partition coefficient (Wildman–Crippen LogP) is 2.58. The molecule has 1 N–H and O–H groups in total. The molecule has 2 amide bonds. The lowest BCUT2D eigenvalue weighted by Gasteiger charge is -2.39. The van der Waals surface area contributed by atoms with E-state index in [1.807, 2.05) is 0 Å². The monoisotopic (exact) mass is 378 g/mol. The Morgan fingerprint density at radius 3 is 2.70 bits per heavy atom. The summed E-state index contributed by atoms with van der Waals surface area (Å²) >= 11 is 0. The van der Waals surface area contributed by atoms with Crippen molar-refractivity contribution in [2.75, 3.05) is 25.0 Å². The molecule has 2 aromatic rings. The van der Waals surface area contributed by atoms with Gasteiger partial charge in [-0.1, -0.05) is 6.07 Å². The molecule has 9 heteroatoms. The number of esters is 1. The van der Waals surface area contributed by atoms with Gasteiger partial charge in [0.2, 0.25) is 5.95 Å². The fourth-order valence-electron chi connectivity index (χ4n) is 2.96. The van der Waals surface area contributed by atoms with E-state index in [0.29, 0.717) is 25.1 Å². The Hall–Kier alpha value is -2.97. The van der Waals surface area contributed by atoms with Crippen molar-refractivity contribution in [2.45, 2.75) is 13.3 Å². The van der Waals surface area contributed by atoms with Crippen LogP contribution >= 0.6 is 0 Å². The molecule has 1 saturated heterocycles. The molecule has 0 radical (unpaired) electrons. The van der Waals surface area contributed by atoms with Crippen LogP contribution in [0.15, 0.2) is 24.4 Å². The molecule has 1 aliphatic rings. The SMILES string of the molecule is CCOC(=O)c1cnc(NC(=O)N2CC(Cc3ccc(F)c(F)c3)C2)n1C. The second-order valence-corrected chi connectivity index (χ2v) is 6.40. The van der Waals surface area contributed by atoms with E-state index in [9.17, 15) is 18.4 Å². The molecular formula is C18H20F2N4O3. The molecule has 1 aromatic heterocycles. The molecule has 2 heterocycles. The molecule has 0 bridgehead atoms. The van der Waals surface area contributed by atoms with Gasteiger partial charge in [-0.05, 0) is 37.0 Å². The maximum atomic E-state index is 13.3. The van der Waals surface area contributed by atoms with E-state index in [2.05, 4.69) is 10.3 Å². The van der Waals surface area contributed by atoms with Crippen molar-refractivity contribution < 1.29 is 23.1 Å². The van der Waals surface area contributed by atoms with Gasteiger partial charge < -0.3 is 14.2 Å². The van der Waals surface area contributed by atoms with Crippen LogP contribution in [-0.2, 0) is 18.2 Å². The predicted molar refractivity (Wildman–Crippen MR) is 93.3 cm³/mol. The van der Waals surface area contributed by atoms with Crippen LogP contribution in [0.3, 0.4) is 0 Å². The third-order valence-electron chi connectivity index (χ3n) is 4.44. The van der Waals surface area contributed by atoms with Crippen molar-refractivity contribution in [1.29, 1.82) is 0 Å². The van der Waals surface area contributed by atoms with E-state index >= 15 is 0 Å². The number of rotatable bonds is 5. The average molecular weight is 378 g/mol. The maximum Gasteiger partial charge on any atom is 0.356 e. The van der Waals surface area contributed by atoms with Crippen LogP contribution in [0.1, 0.15) is 23.0 Å². The van der Waals surface area contributed by atoms with Crippen LogP contribution in [-0.4, -0.2) is 46.1 Å². The summed E-state index contributed by atoms with van der Waals surface area (Å²) in [5.74, 6) is -1.83. The number of carbonyl (C=O) groups is 2. The minimum atomic E-state index is -0.870. The summed E-state index contributed by atoms with van der Waals surface area (Å²) in [6, 6.07) is 3.51. The van der Waals surface area contributed by atoms with Gasteiger partial charge in [-0.15, -0.1) is 0 Å². The van der Waals surface area contributed by atoms with Crippen molar-refractivity contribution in [2.24, 2.45) is 13.0 Å². The number of nitrogens with zero attached hydrogens (tertiary/aromatic N) is 3. The number of benzene rings is 1. The van der Waals surface area contributed by atoms with Gasteiger partial charge >= 0.3 is 12.0 Å². The Kier molecular flexibility index (Phi) is 5.38. The molecule has 1 fully saturated rings. The van der Waals surface area contributed by atoms with Gasteiger partial charge in [-0.25, -0.2) is 23.4 Å². The van der Waals surface area contributed by atoms with Gasteiger partial charge in [0.05, 0.1) is 12.8 Å². The number of halogens is 2. The summed E-state index contributed by atoms with van der Waals surface area (Å²) in [6.07, 6.45) is 1.91. The van der Waals surface area contributed by atoms with Crippen LogP contribution in [0.25, 0.3) is 0 Å². The molecule has 0 spiro atoms. The number of carbonyl (C=O) groups excluding carboxylic acids is 2. The first kappa shape index (κ1) is 18.8. The molecule has 7 nitrogen and oxygen atoms in total. The molecule has 3 rings (SSSR count). The first-order valence-electron chi connectivity index (χ1n) is 8.57. The Morgan fingerprint density at radius 2 is 2.04 bits per heavy atom. The smallest absolute Gasteiger partial charge is 0.356 e. The number of urea groups is 1.